The second-order valence-electron chi connectivity index (χ2n) is 3.14. The number of rotatable bonds is 2. The van der Waals surface area contributed by atoms with Crippen LogP contribution in [0, 0.1) is 11.7 Å². The van der Waals surface area contributed by atoms with Crippen LogP contribution in [0.1, 0.15) is 10.6 Å². The molecule has 0 saturated heterocycles. The molecule has 5 nitrogen and oxygen atoms in total. The van der Waals surface area contributed by atoms with Gasteiger partial charge in [0.2, 0.25) is 4.77 Å². The molecule has 2 aromatic rings. The molecule has 0 aliphatic heterocycles. The molecule has 2 aromatic heterocycles. The van der Waals surface area contributed by atoms with E-state index in [4.69, 9.17) is 12.2 Å². The normalized spacial score (nSPS) is 11.2. The van der Waals surface area contributed by atoms with Gasteiger partial charge in [-0.25, -0.2) is 0 Å². The number of nitrogens with one attached hydrogen (secondary N) is 1. The Balaban J connectivity index is 2.43. The van der Waals surface area contributed by atoms with Gasteiger partial charge in [-0.3, -0.25) is 9.89 Å². The molecule has 0 aromatic carbocycles. The zero-order valence-corrected chi connectivity index (χ0v) is 11.9. The quantitative estimate of drug-likeness (QED) is 0.678. The maximum absolute atomic E-state index is 11.7. The number of aromatic amines is 1. The third-order valence-electron chi connectivity index (χ3n) is 1.90. The van der Waals surface area contributed by atoms with Crippen LogP contribution in [-0.2, 0) is 0 Å². The van der Waals surface area contributed by atoms with Crippen LogP contribution in [-0.4, -0.2) is 21.1 Å². The lowest BCUT2D eigenvalue weighted by molar-refractivity contribution is 0.720. The first-order valence-corrected chi connectivity index (χ1v) is 6.63. The summed E-state index contributed by atoms with van der Waals surface area (Å²) in [6.07, 6.45) is 1.58. The molecule has 0 aliphatic rings. The fraction of sp³-hybridized carbons (Fsp3) is 0.111. The van der Waals surface area contributed by atoms with Crippen molar-refractivity contribution in [1.29, 1.82) is 0 Å². The summed E-state index contributed by atoms with van der Waals surface area (Å²) in [6, 6.07) is 1.90. The van der Waals surface area contributed by atoms with E-state index in [1.807, 2.05) is 11.4 Å². The maximum Gasteiger partial charge on any atom is 0.296 e. The van der Waals surface area contributed by atoms with Gasteiger partial charge >= 0.3 is 0 Å². The lowest BCUT2D eigenvalue weighted by atomic mass is 10.5. The summed E-state index contributed by atoms with van der Waals surface area (Å²) in [5.41, 5.74) is 0.00346. The summed E-state index contributed by atoms with van der Waals surface area (Å²) in [5.74, 6) is 0. The maximum atomic E-state index is 11.7. The van der Waals surface area contributed by atoms with E-state index in [0.717, 1.165) is 14.0 Å². The van der Waals surface area contributed by atoms with Crippen molar-refractivity contribution in [3.63, 3.8) is 0 Å². The molecular weight excluding hydrogens is 324 g/mol. The van der Waals surface area contributed by atoms with Crippen LogP contribution < -0.4 is 5.56 Å². The highest BCUT2D eigenvalue weighted by atomic mass is 79.9. The highest BCUT2D eigenvalue weighted by Gasteiger charge is 2.01. The Labute approximate surface area is 114 Å². The number of nitrogens with zero attached hydrogens (tertiary/aromatic N) is 3. The second-order valence-corrected chi connectivity index (χ2v) is 5.39. The zero-order chi connectivity index (χ0) is 12.4. The van der Waals surface area contributed by atoms with Gasteiger partial charge in [-0.05, 0) is 41.1 Å². The lowest BCUT2D eigenvalue weighted by Crippen LogP contribution is -2.22. The van der Waals surface area contributed by atoms with E-state index in [1.165, 1.54) is 11.3 Å². The lowest BCUT2D eigenvalue weighted by Gasteiger charge is -1.97. The molecule has 2 heterocycles. The Morgan fingerprint density at radius 3 is 3.12 bits per heavy atom. The van der Waals surface area contributed by atoms with Crippen molar-refractivity contribution in [2.75, 3.05) is 0 Å². The Morgan fingerprint density at radius 1 is 1.71 bits per heavy atom. The molecule has 17 heavy (non-hydrogen) atoms. The third-order valence-corrected chi connectivity index (χ3v) is 3.79. The van der Waals surface area contributed by atoms with Gasteiger partial charge in [-0.2, -0.15) is 14.9 Å². The smallest absolute Gasteiger partial charge is 0.265 e. The monoisotopic (exact) mass is 330 g/mol. The first kappa shape index (κ1) is 12.3. The van der Waals surface area contributed by atoms with Gasteiger partial charge in [0, 0.05) is 14.7 Å². The predicted molar refractivity (Wildman–Crippen MR) is 73.4 cm³/mol. The molecule has 0 radical (unpaired) electrons. The van der Waals surface area contributed by atoms with Crippen LogP contribution >= 0.6 is 39.5 Å². The van der Waals surface area contributed by atoms with Crippen molar-refractivity contribution in [2.24, 2.45) is 5.10 Å². The second kappa shape index (κ2) is 5.03. The minimum atomic E-state index is -0.319. The van der Waals surface area contributed by atoms with Crippen molar-refractivity contribution in [1.82, 2.24) is 14.9 Å². The van der Waals surface area contributed by atoms with E-state index in [-0.39, 0.29) is 10.3 Å². The van der Waals surface area contributed by atoms with E-state index in [9.17, 15) is 4.79 Å². The molecule has 8 heteroatoms. The molecule has 2 rings (SSSR count). The number of halogens is 1. The summed E-state index contributed by atoms with van der Waals surface area (Å²) in [6.45, 7) is 1.60. The van der Waals surface area contributed by atoms with Crippen LogP contribution in [0.2, 0.25) is 0 Å². The standard InChI is InChI=1S/C9H7BrN4OS2/c1-5-8(15)14(9(16)13-12-5)11-3-7-2-6(10)4-17-7/h2-4H,1H3,(H,13,16)/b11-3-. The largest absolute Gasteiger partial charge is 0.296 e. The third kappa shape index (κ3) is 2.76. The summed E-state index contributed by atoms with van der Waals surface area (Å²) >= 11 is 9.80. The van der Waals surface area contributed by atoms with Crippen LogP contribution in [0.15, 0.2) is 25.8 Å². The Hall–Kier alpha value is -1.12. The minimum absolute atomic E-state index is 0.174. The summed E-state index contributed by atoms with van der Waals surface area (Å²) in [5, 5.41) is 12.3. The number of thiophene rings is 1. The molecule has 0 fully saturated rings. The van der Waals surface area contributed by atoms with Crippen LogP contribution in [0.25, 0.3) is 0 Å². The van der Waals surface area contributed by atoms with E-state index in [2.05, 4.69) is 31.2 Å². The highest BCUT2D eigenvalue weighted by molar-refractivity contribution is 9.10. The first-order valence-electron chi connectivity index (χ1n) is 4.54. The fourth-order valence-electron chi connectivity index (χ4n) is 1.09. The number of H-pyrrole nitrogens is 1. The van der Waals surface area contributed by atoms with Crippen LogP contribution in [0.4, 0.5) is 0 Å². The molecule has 0 amide bonds. The van der Waals surface area contributed by atoms with Gasteiger partial charge in [-0.1, -0.05) is 0 Å². The van der Waals surface area contributed by atoms with E-state index in [1.54, 1.807) is 13.1 Å². The van der Waals surface area contributed by atoms with Gasteiger partial charge in [0.1, 0.15) is 5.69 Å². The van der Waals surface area contributed by atoms with Gasteiger partial charge in [0.25, 0.3) is 5.56 Å². The molecular formula is C9H7BrN4OS2. The minimum Gasteiger partial charge on any atom is -0.265 e. The molecule has 88 valence electrons. The average Bonchev–Trinajstić information content (AvgIpc) is 2.70. The molecule has 0 aliphatic carbocycles. The molecule has 0 saturated carbocycles. The van der Waals surface area contributed by atoms with Crippen molar-refractivity contribution in [3.05, 3.63) is 41.6 Å². The Kier molecular flexibility index (Phi) is 3.65. The molecule has 0 unspecified atom stereocenters. The topological polar surface area (TPSA) is 63.0 Å². The Morgan fingerprint density at radius 2 is 2.47 bits per heavy atom. The zero-order valence-electron chi connectivity index (χ0n) is 8.68. The average molecular weight is 331 g/mol. The van der Waals surface area contributed by atoms with E-state index >= 15 is 0 Å². The summed E-state index contributed by atoms with van der Waals surface area (Å²) in [7, 11) is 0. The predicted octanol–water partition coefficient (Wildman–Crippen LogP) is 2.32. The SMILES string of the molecule is Cc1n[nH]c(=S)n(/N=C\c2cc(Br)cs2)c1=O. The number of hydrogen-bond acceptors (Lipinski definition) is 5. The molecule has 0 spiro atoms. The van der Waals surface area contributed by atoms with Gasteiger partial charge in [0.15, 0.2) is 0 Å². The van der Waals surface area contributed by atoms with E-state index in [0.29, 0.717) is 5.69 Å². The molecule has 0 atom stereocenters. The Bertz CT molecular complexity index is 685. The number of aromatic nitrogens is 3. The molecule has 1 N–H and O–H groups in total. The van der Waals surface area contributed by atoms with Crippen molar-refractivity contribution < 1.29 is 0 Å². The van der Waals surface area contributed by atoms with Gasteiger partial charge in [0.05, 0.1) is 6.21 Å². The number of hydrogen-bond donors (Lipinski definition) is 1. The number of aryl methyl sites for hydroxylation is 1. The van der Waals surface area contributed by atoms with Crippen LogP contribution in [0.5, 0.6) is 0 Å². The summed E-state index contributed by atoms with van der Waals surface area (Å²) in [4.78, 5) is 12.6. The van der Waals surface area contributed by atoms with Crippen molar-refractivity contribution in [3.8, 4) is 0 Å². The van der Waals surface area contributed by atoms with Crippen molar-refractivity contribution >= 4 is 45.7 Å². The highest BCUT2D eigenvalue weighted by Crippen LogP contribution is 2.17. The van der Waals surface area contributed by atoms with Gasteiger partial charge in [-0.15, -0.1) is 11.3 Å². The van der Waals surface area contributed by atoms with Crippen molar-refractivity contribution in [2.45, 2.75) is 6.92 Å². The summed E-state index contributed by atoms with van der Waals surface area (Å²) < 4.78 is 2.27. The van der Waals surface area contributed by atoms with E-state index < -0.39 is 0 Å². The van der Waals surface area contributed by atoms with Gasteiger partial charge < -0.3 is 0 Å². The molecule has 0 bridgehead atoms. The van der Waals surface area contributed by atoms with Crippen LogP contribution in [0.3, 0.4) is 0 Å². The first-order chi connectivity index (χ1) is 8.08. The fourth-order valence-corrected chi connectivity index (χ4v) is 2.56.